The zero-order valence-corrected chi connectivity index (χ0v) is 37.2. The third-order valence-electron chi connectivity index (χ3n) is 19.0. The van der Waals surface area contributed by atoms with Gasteiger partial charge in [-0.05, 0) is 142 Å². The number of aliphatic carboxylic acids is 1. The van der Waals surface area contributed by atoms with Crippen LogP contribution in [0.25, 0.3) is 0 Å². The molecular formula is C48H74N2O7. The number of carbonyl (C=O) groups is 5. The summed E-state index contributed by atoms with van der Waals surface area (Å²) in [7, 11) is 0. The molecule has 1 heterocycles. The second-order valence-corrected chi connectivity index (χ2v) is 22.9. The van der Waals surface area contributed by atoms with Crippen molar-refractivity contribution >= 4 is 29.5 Å². The summed E-state index contributed by atoms with van der Waals surface area (Å²) in [4.78, 5) is 69.0. The highest BCUT2D eigenvalue weighted by atomic mass is 16.5. The second-order valence-electron chi connectivity index (χ2n) is 22.9. The molecule has 0 bridgehead atoms. The first kappa shape index (κ1) is 42.4. The smallest absolute Gasteiger partial charge is 0.309 e. The number of fused-ring (bicyclic) bond motifs is 7. The van der Waals surface area contributed by atoms with E-state index in [1.807, 2.05) is 18.7 Å². The van der Waals surface area contributed by atoms with Crippen LogP contribution in [0.2, 0.25) is 0 Å². The number of hydrogen-bond acceptors (Lipinski definition) is 6. The summed E-state index contributed by atoms with van der Waals surface area (Å²) in [6.07, 6.45) is 11.6. The van der Waals surface area contributed by atoms with Crippen molar-refractivity contribution in [1.29, 1.82) is 0 Å². The number of likely N-dealkylation sites (tertiary alicyclic amines) is 1. The van der Waals surface area contributed by atoms with Gasteiger partial charge in [0.2, 0.25) is 11.8 Å². The first-order valence-electron chi connectivity index (χ1n) is 22.7. The largest absolute Gasteiger partial charge is 0.481 e. The van der Waals surface area contributed by atoms with Crippen LogP contribution < -0.4 is 5.32 Å². The van der Waals surface area contributed by atoms with Gasteiger partial charge in [0.1, 0.15) is 11.5 Å². The van der Waals surface area contributed by atoms with Crippen molar-refractivity contribution in [2.45, 2.75) is 166 Å². The molecule has 0 aromatic carbocycles. The van der Waals surface area contributed by atoms with Gasteiger partial charge in [0.15, 0.2) is 5.78 Å². The molecule has 1 saturated heterocycles. The number of rotatable bonds is 8. The Morgan fingerprint density at radius 1 is 0.825 bits per heavy atom. The fourth-order valence-electron chi connectivity index (χ4n) is 15.2. The minimum Gasteiger partial charge on any atom is -0.481 e. The highest BCUT2D eigenvalue weighted by molar-refractivity contribution is 6.04. The predicted molar refractivity (Wildman–Crippen MR) is 220 cm³/mol. The van der Waals surface area contributed by atoms with Crippen LogP contribution in [0.4, 0.5) is 0 Å². The van der Waals surface area contributed by atoms with Crippen LogP contribution in [0.3, 0.4) is 0 Å². The van der Waals surface area contributed by atoms with Crippen LogP contribution in [0, 0.1) is 73.4 Å². The minimum absolute atomic E-state index is 0.0229. The van der Waals surface area contributed by atoms with E-state index in [4.69, 9.17) is 4.74 Å². The van der Waals surface area contributed by atoms with Gasteiger partial charge in [-0.3, -0.25) is 24.0 Å². The Morgan fingerprint density at radius 3 is 2.11 bits per heavy atom. The maximum atomic E-state index is 14.2. The van der Waals surface area contributed by atoms with Crippen LogP contribution in [-0.2, 0) is 28.7 Å². The molecular weight excluding hydrogens is 717 g/mol. The number of nitrogens with one attached hydrogen (secondary N) is 1. The van der Waals surface area contributed by atoms with E-state index in [-0.39, 0.29) is 69.1 Å². The number of Topliss-reactive ketones (excluding diaryl/α,β-unsaturated/α-hetero) is 1. The number of hydrogen-bond donors (Lipinski definition) is 2. The molecule has 7 aliphatic rings. The zero-order chi connectivity index (χ0) is 41.9. The molecule has 7 rings (SSSR count). The van der Waals surface area contributed by atoms with Gasteiger partial charge in [0, 0.05) is 36.9 Å². The number of carboxylic acid groups (broad SMARTS) is 1. The normalized spacial score (nSPS) is 40.9. The molecule has 1 unspecified atom stereocenters. The number of piperidine rings is 1. The predicted octanol–water partition coefficient (Wildman–Crippen LogP) is 8.78. The maximum absolute atomic E-state index is 14.2. The van der Waals surface area contributed by atoms with Crippen LogP contribution >= 0.6 is 0 Å². The van der Waals surface area contributed by atoms with Gasteiger partial charge in [-0.15, -0.1) is 0 Å². The molecule has 2 amide bonds. The maximum Gasteiger partial charge on any atom is 0.309 e. The Bertz CT molecular complexity index is 1740. The highest BCUT2D eigenvalue weighted by Gasteiger charge is 2.70. The Hall–Kier alpha value is -2.71. The Labute approximate surface area is 342 Å². The van der Waals surface area contributed by atoms with Crippen molar-refractivity contribution in [3.63, 3.8) is 0 Å². The molecule has 318 valence electrons. The Balaban J connectivity index is 1.12. The van der Waals surface area contributed by atoms with Gasteiger partial charge < -0.3 is 20.1 Å². The fourth-order valence-corrected chi connectivity index (χ4v) is 15.2. The number of carbonyl (C=O) groups excluding carboxylic acids is 4. The quantitative estimate of drug-likeness (QED) is 0.186. The minimum atomic E-state index is -1.17. The standard InChI is InChI=1S/C48H74N2O7/c1-28(2)36-32(51)26-48(27-49-40(55)44(7,8)41(56)50-23-13-12-14-24-50)22-21-46(10)29(37(36)48)15-16-34-45(9)19-18-35(43(5,6)33(45)17-20-47(34,46)11)57-39(54)31-25-30(38(52)53)42(31,3)4/h28-31,33-35H,12-27H2,1-11H3,(H,49,55)(H,52,53)/t29-,30+,31-,33+,34-,35+,45+,46-,47-,48?/m1/s1. The van der Waals surface area contributed by atoms with Gasteiger partial charge in [-0.2, -0.15) is 0 Å². The first-order valence-corrected chi connectivity index (χ1v) is 22.7. The Morgan fingerprint density at radius 2 is 1.49 bits per heavy atom. The van der Waals surface area contributed by atoms with Crippen molar-refractivity contribution < 1.29 is 33.8 Å². The van der Waals surface area contributed by atoms with Gasteiger partial charge in [-0.1, -0.05) is 67.9 Å². The summed E-state index contributed by atoms with van der Waals surface area (Å²) in [6, 6.07) is 0. The summed E-state index contributed by atoms with van der Waals surface area (Å²) in [5.74, 6) is -0.857. The molecule has 57 heavy (non-hydrogen) atoms. The molecule has 6 aliphatic carbocycles. The molecule has 0 spiro atoms. The average Bonchev–Trinajstić information content (AvgIpc) is 3.43. The molecule has 1 aliphatic heterocycles. The topological polar surface area (TPSA) is 130 Å². The van der Waals surface area contributed by atoms with E-state index in [0.717, 1.165) is 76.2 Å². The van der Waals surface area contributed by atoms with Gasteiger partial charge in [-0.25, -0.2) is 0 Å². The summed E-state index contributed by atoms with van der Waals surface area (Å²) < 4.78 is 6.42. The van der Waals surface area contributed by atoms with E-state index >= 15 is 0 Å². The number of ether oxygens (including phenoxy) is 1. The van der Waals surface area contributed by atoms with E-state index in [2.05, 4.69) is 53.8 Å². The molecule has 6 fully saturated rings. The molecule has 9 heteroatoms. The summed E-state index contributed by atoms with van der Waals surface area (Å²) in [5, 5.41) is 13.0. The van der Waals surface area contributed by atoms with Crippen molar-refractivity contribution in [2.24, 2.45) is 73.4 Å². The second kappa shape index (κ2) is 13.9. The van der Waals surface area contributed by atoms with Crippen molar-refractivity contribution in [1.82, 2.24) is 10.2 Å². The molecule has 2 N–H and O–H groups in total. The fraction of sp³-hybridized carbons (Fsp3) is 0.854. The lowest BCUT2D eigenvalue weighted by Gasteiger charge is -2.72. The SMILES string of the molecule is CC(C)C1=C2[C@H]3CC[C@@H]4[C@@]5(C)CC[C@H](OC(=O)[C@H]6C[C@@H](C(=O)O)C6(C)C)C(C)(C)[C@@H]5CC[C@@]4(C)[C@]3(C)CCC2(CNC(=O)C(C)(C)C(=O)N2CCCCC2)CC1=O. The lowest BCUT2D eigenvalue weighted by molar-refractivity contribution is -0.236. The lowest BCUT2D eigenvalue weighted by Crippen LogP contribution is -2.66. The summed E-state index contributed by atoms with van der Waals surface area (Å²) in [5.41, 5.74) is -0.0314. The third-order valence-corrected chi connectivity index (χ3v) is 19.0. The first-order chi connectivity index (χ1) is 26.4. The van der Waals surface area contributed by atoms with E-state index in [0.29, 0.717) is 44.3 Å². The number of amides is 2. The molecule has 10 atom stereocenters. The van der Waals surface area contributed by atoms with Crippen molar-refractivity contribution in [3.05, 3.63) is 11.1 Å². The summed E-state index contributed by atoms with van der Waals surface area (Å²) in [6.45, 7) is 25.7. The van der Waals surface area contributed by atoms with E-state index < -0.39 is 28.1 Å². The number of esters is 1. The number of nitrogens with zero attached hydrogens (tertiary/aromatic N) is 1. The molecule has 0 aromatic rings. The molecule has 5 saturated carbocycles. The van der Waals surface area contributed by atoms with Crippen LogP contribution in [0.1, 0.15) is 160 Å². The van der Waals surface area contributed by atoms with Gasteiger partial charge in [0.25, 0.3) is 0 Å². The number of ketones is 1. The van der Waals surface area contributed by atoms with Crippen molar-refractivity contribution in [3.8, 4) is 0 Å². The highest BCUT2D eigenvalue weighted by Crippen LogP contribution is 2.76. The number of carboxylic acids is 1. The van der Waals surface area contributed by atoms with E-state index in [1.54, 1.807) is 13.8 Å². The van der Waals surface area contributed by atoms with Crippen LogP contribution in [-0.4, -0.2) is 65.3 Å². The summed E-state index contributed by atoms with van der Waals surface area (Å²) >= 11 is 0. The molecule has 0 aromatic heterocycles. The Kier molecular flexibility index (Phi) is 10.4. The lowest BCUT2D eigenvalue weighted by atomic mass is 9.33. The average molecular weight is 791 g/mol. The van der Waals surface area contributed by atoms with Crippen LogP contribution in [0.5, 0.6) is 0 Å². The zero-order valence-electron chi connectivity index (χ0n) is 37.2. The number of allylic oxidation sites excluding steroid dienone is 1. The third kappa shape index (κ3) is 6.12. The van der Waals surface area contributed by atoms with E-state index in [9.17, 15) is 29.1 Å². The van der Waals surface area contributed by atoms with Gasteiger partial charge >= 0.3 is 11.9 Å². The van der Waals surface area contributed by atoms with E-state index in [1.165, 1.54) is 5.57 Å². The molecule has 9 nitrogen and oxygen atoms in total. The van der Waals surface area contributed by atoms with Crippen molar-refractivity contribution in [2.75, 3.05) is 19.6 Å². The molecule has 0 radical (unpaired) electrons. The monoisotopic (exact) mass is 791 g/mol. The van der Waals surface area contributed by atoms with Gasteiger partial charge in [0.05, 0.1) is 11.8 Å². The van der Waals surface area contributed by atoms with Crippen LogP contribution in [0.15, 0.2) is 11.1 Å².